The third-order valence-electron chi connectivity index (χ3n) is 7.49. The number of carbonyl (C=O) groups is 5. The van der Waals surface area contributed by atoms with Gasteiger partial charge < -0.3 is 30.3 Å². The second-order valence-electron chi connectivity index (χ2n) is 12.2. The minimum Gasteiger partial charge on any atom is -0.489 e. The summed E-state index contributed by atoms with van der Waals surface area (Å²) in [6.45, 7) is 5.35. The molecule has 58 heavy (non-hydrogen) atoms. The molecule has 0 radical (unpaired) electrons. The van der Waals surface area contributed by atoms with E-state index in [9.17, 15) is 54.3 Å². The highest BCUT2D eigenvalue weighted by Gasteiger charge is 2.39. The summed E-state index contributed by atoms with van der Waals surface area (Å²) in [6, 6.07) is 16.6. The van der Waals surface area contributed by atoms with Crippen molar-refractivity contribution >= 4 is 40.6 Å². The average molecular weight is 848 g/mol. The molecule has 15 nitrogen and oxygen atoms in total. The normalized spacial score (nSPS) is 15.6. The Kier molecular flexibility index (Phi) is 19.3. The fourth-order valence-electron chi connectivity index (χ4n) is 4.74. The number of para-hydroxylation sites is 1. The molecule has 3 aromatic rings. The van der Waals surface area contributed by atoms with Crippen molar-refractivity contribution in [2.45, 2.75) is 44.5 Å². The summed E-state index contributed by atoms with van der Waals surface area (Å²) in [5.74, 6) is -8.85. The third-order valence-corrected chi connectivity index (χ3v) is 7.49. The maximum absolute atomic E-state index is 13.0. The number of aryl methyl sites for hydroxylation is 1. The van der Waals surface area contributed by atoms with Crippen LogP contribution in [0.5, 0.6) is 5.75 Å². The number of halogens is 9. The zero-order valence-corrected chi connectivity index (χ0v) is 30.6. The lowest BCUT2D eigenvalue weighted by molar-refractivity contribution is -0.193. The van der Waals surface area contributed by atoms with Gasteiger partial charge in [-0.1, -0.05) is 18.2 Å². The largest absolute Gasteiger partial charge is 0.490 e. The summed E-state index contributed by atoms with van der Waals surface area (Å²) in [4.78, 5) is 60.9. The summed E-state index contributed by atoms with van der Waals surface area (Å²) in [5.41, 5.74) is 5.15. The number of ether oxygens (including phenoxy) is 1. The van der Waals surface area contributed by atoms with E-state index < -0.39 is 54.3 Å². The molecular formula is C34H38F9N5O10. The number of piperidine rings is 1. The number of nitrogens with zero attached hydrogens (tertiary/aromatic N) is 3. The number of alkyl halides is 9. The van der Waals surface area contributed by atoms with Gasteiger partial charge in [0.1, 0.15) is 12.4 Å². The van der Waals surface area contributed by atoms with Crippen LogP contribution in [0.1, 0.15) is 28.0 Å². The number of carboxylic acid groups (broad SMARTS) is 3. The van der Waals surface area contributed by atoms with Crippen molar-refractivity contribution in [2.75, 3.05) is 40.3 Å². The quantitative estimate of drug-likeness (QED) is 0.0994. The Hall–Kier alpha value is -5.75. The molecule has 0 aliphatic carbocycles. The van der Waals surface area contributed by atoms with Gasteiger partial charge in [-0.3, -0.25) is 24.7 Å². The molecule has 1 saturated heterocycles. The molecule has 322 valence electrons. The van der Waals surface area contributed by atoms with E-state index in [-0.39, 0.29) is 5.91 Å². The summed E-state index contributed by atoms with van der Waals surface area (Å²) >= 11 is 0. The van der Waals surface area contributed by atoms with Crippen molar-refractivity contribution in [1.29, 1.82) is 0 Å². The predicted octanol–water partition coefficient (Wildman–Crippen LogP) is 4.51. The number of rotatable bonds is 9. The first-order chi connectivity index (χ1) is 26.7. The average Bonchev–Trinajstić information content (AvgIpc) is 3.12. The summed E-state index contributed by atoms with van der Waals surface area (Å²) < 4.78 is 101. The molecule has 1 aliphatic rings. The minimum absolute atomic E-state index is 0.266. The molecule has 1 aromatic heterocycles. The van der Waals surface area contributed by atoms with Gasteiger partial charge in [-0.05, 0) is 70.4 Å². The maximum atomic E-state index is 13.0. The van der Waals surface area contributed by atoms with Crippen molar-refractivity contribution in [3.8, 4) is 5.75 Å². The number of fused-ring (bicyclic) bond motifs is 1. The van der Waals surface area contributed by atoms with Crippen molar-refractivity contribution in [3.05, 3.63) is 71.4 Å². The number of likely N-dealkylation sites (N-methyl/N-ethyl adjacent to an activating group) is 1. The Bertz CT molecular complexity index is 1780. The number of carboxylic acids is 3. The minimum atomic E-state index is -5.08. The third kappa shape index (κ3) is 18.0. The number of aliphatic carboxylic acids is 3. The zero-order chi connectivity index (χ0) is 44.6. The summed E-state index contributed by atoms with van der Waals surface area (Å²) in [6.07, 6.45) is -14.7. The number of aromatic nitrogens is 1. The molecule has 4 rings (SSSR count). The SMILES string of the molecule is Cc1cc(COc2ccc(C(=O)N[C@@H]3CN(CCN(C)C)CC[C@@H]3C(=O)NO)cc2)c2ccccc2n1.O=C(O)C(F)(F)F.O=C(O)C(F)(F)F.O=C(O)C(F)(F)F. The smallest absolute Gasteiger partial charge is 0.489 e. The highest BCUT2D eigenvalue weighted by molar-refractivity contribution is 5.95. The van der Waals surface area contributed by atoms with Crippen LogP contribution in [0.15, 0.2) is 54.6 Å². The molecule has 2 heterocycles. The first-order valence-corrected chi connectivity index (χ1v) is 16.3. The van der Waals surface area contributed by atoms with E-state index in [2.05, 4.69) is 20.1 Å². The number of amides is 2. The number of hydroxylamine groups is 1. The Balaban J connectivity index is 0.000000655. The molecule has 0 saturated carbocycles. The number of nitrogens with one attached hydrogen (secondary N) is 2. The standard InChI is InChI=1S/C28H35N5O4.3C2HF3O2/c1-19-16-21(23-6-4-5-7-25(23)29-19)18-37-22-10-8-20(9-11-22)27(34)30-26-17-33(15-14-32(2)3)13-12-24(26)28(35)31-36;3*3-2(4,5)1(6)7/h4-11,16,24,26,36H,12-15,17-18H2,1-3H3,(H,30,34)(H,31,35);3*(H,6,7)/t24-,26+;;;/m0.../s1. The Morgan fingerprint density at radius 1 is 0.845 bits per heavy atom. The molecule has 1 fully saturated rings. The van der Waals surface area contributed by atoms with Gasteiger partial charge in [0, 0.05) is 41.8 Å². The highest BCUT2D eigenvalue weighted by atomic mass is 19.4. The maximum Gasteiger partial charge on any atom is 0.490 e. The van der Waals surface area contributed by atoms with E-state index in [1.54, 1.807) is 29.7 Å². The van der Waals surface area contributed by atoms with Crippen molar-refractivity contribution in [1.82, 2.24) is 25.6 Å². The van der Waals surface area contributed by atoms with Crippen molar-refractivity contribution < 1.29 is 88.8 Å². The molecule has 24 heteroatoms. The fourth-order valence-corrected chi connectivity index (χ4v) is 4.74. The van der Waals surface area contributed by atoms with E-state index in [1.807, 2.05) is 51.4 Å². The van der Waals surface area contributed by atoms with Gasteiger partial charge in [-0.25, -0.2) is 19.9 Å². The first-order valence-electron chi connectivity index (χ1n) is 16.3. The molecular weight excluding hydrogens is 809 g/mol. The molecule has 2 amide bonds. The van der Waals surface area contributed by atoms with Gasteiger partial charge >= 0.3 is 36.4 Å². The van der Waals surface area contributed by atoms with Crippen molar-refractivity contribution in [2.24, 2.45) is 5.92 Å². The van der Waals surface area contributed by atoms with Crippen LogP contribution in [0.4, 0.5) is 39.5 Å². The molecule has 0 spiro atoms. The lowest BCUT2D eigenvalue weighted by Gasteiger charge is -2.38. The van der Waals surface area contributed by atoms with Crippen LogP contribution in [0.2, 0.25) is 0 Å². The molecule has 0 unspecified atom stereocenters. The topological polar surface area (TPSA) is 219 Å². The van der Waals surface area contributed by atoms with E-state index in [0.29, 0.717) is 30.9 Å². The first kappa shape index (κ1) is 50.3. The molecule has 0 bridgehead atoms. The van der Waals surface area contributed by atoms with Crippen LogP contribution in [-0.4, -0.2) is 130 Å². The number of hydrogen-bond donors (Lipinski definition) is 6. The van der Waals surface area contributed by atoms with E-state index in [4.69, 9.17) is 34.4 Å². The highest BCUT2D eigenvalue weighted by Crippen LogP contribution is 2.23. The number of likely N-dealkylation sites (tertiary alicyclic amines) is 1. The number of pyridine rings is 1. The van der Waals surface area contributed by atoms with Gasteiger partial charge in [0.25, 0.3) is 5.91 Å². The van der Waals surface area contributed by atoms with Crippen LogP contribution in [0.25, 0.3) is 10.9 Å². The van der Waals surface area contributed by atoms with Gasteiger partial charge in [0.15, 0.2) is 0 Å². The second-order valence-corrected chi connectivity index (χ2v) is 12.2. The van der Waals surface area contributed by atoms with Gasteiger partial charge in [0.05, 0.1) is 17.5 Å². The van der Waals surface area contributed by atoms with Gasteiger partial charge in [-0.15, -0.1) is 0 Å². The summed E-state index contributed by atoms with van der Waals surface area (Å²) in [5, 5.41) is 34.6. The Morgan fingerprint density at radius 3 is 1.81 bits per heavy atom. The monoisotopic (exact) mass is 847 g/mol. The van der Waals surface area contributed by atoms with Crippen LogP contribution >= 0.6 is 0 Å². The fraction of sp³-hybridized carbons (Fsp3) is 0.412. The molecule has 6 N–H and O–H groups in total. The predicted molar refractivity (Wildman–Crippen MR) is 183 cm³/mol. The van der Waals surface area contributed by atoms with Gasteiger partial charge in [-0.2, -0.15) is 39.5 Å². The number of benzene rings is 2. The summed E-state index contributed by atoms with van der Waals surface area (Å²) in [7, 11) is 4.03. The van der Waals surface area contributed by atoms with E-state index in [1.165, 1.54) is 0 Å². The van der Waals surface area contributed by atoms with Crippen LogP contribution in [0, 0.1) is 12.8 Å². The van der Waals surface area contributed by atoms with E-state index in [0.717, 1.165) is 41.8 Å². The van der Waals surface area contributed by atoms with Crippen LogP contribution in [-0.2, 0) is 25.8 Å². The van der Waals surface area contributed by atoms with Gasteiger partial charge in [0.2, 0.25) is 5.91 Å². The number of hydrogen-bond acceptors (Lipinski definition) is 10. The van der Waals surface area contributed by atoms with Crippen molar-refractivity contribution in [3.63, 3.8) is 0 Å². The van der Waals surface area contributed by atoms with Crippen LogP contribution in [0.3, 0.4) is 0 Å². The van der Waals surface area contributed by atoms with E-state index >= 15 is 0 Å². The lowest BCUT2D eigenvalue weighted by Crippen LogP contribution is -2.57. The number of carbonyl (C=O) groups excluding carboxylic acids is 2. The lowest BCUT2D eigenvalue weighted by atomic mass is 9.90. The molecule has 2 atom stereocenters. The van der Waals surface area contributed by atoms with Crippen LogP contribution < -0.4 is 15.5 Å². The molecule has 2 aromatic carbocycles. The Labute approximate surface area is 322 Å². The molecule has 1 aliphatic heterocycles. The zero-order valence-electron chi connectivity index (χ0n) is 30.6. The second kappa shape index (κ2) is 22.3. The Morgan fingerprint density at radius 2 is 1.34 bits per heavy atom.